The smallest absolute Gasteiger partial charge is 0.364 e. The number of pyridine rings is 1. The van der Waals surface area contributed by atoms with Crippen LogP contribution >= 0.6 is 0 Å². The molecule has 7 nitrogen and oxygen atoms in total. The van der Waals surface area contributed by atoms with Gasteiger partial charge < -0.3 is 15.2 Å². The van der Waals surface area contributed by atoms with Crippen molar-refractivity contribution < 1.29 is 13.2 Å². The first-order chi connectivity index (χ1) is 18.4. The lowest BCUT2D eigenvalue weighted by atomic mass is 9.95. The second-order valence-electron chi connectivity index (χ2n) is 9.60. The molecule has 1 aliphatic carbocycles. The third kappa shape index (κ3) is 4.98. The maximum Gasteiger partial charge on any atom is 0.416 e. The zero-order valence-electron chi connectivity index (χ0n) is 20.5. The van der Waals surface area contributed by atoms with E-state index in [0.29, 0.717) is 34.5 Å². The molecule has 6 rings (SSSR count). The molecule has 10 heteroatoms. The molecule has 3 heterocycles. The van der Waals surface area contributed by atoms with E-state index < -0.39 is 11.7 Å². The van der Waals surface area contributed by atoms with Gasteiger partial charge in [0.05, 0.1) is 17.4 Å². The molecule has 3 aromatic heterocycles. The van der Waals surface area contributed by atoms with Crippen LogP contribution in [0.15, 0.2) is 67.1 Å². The van der Waals surface area contributed by atoms with Gasteiger partial charge >= 0.3 is 6.18 Å². The highest BCUT2D eigenvalue weighted by Gasteiger charge is 2.30. The molecular weight excluding hydrogens is 491 g/mol. The highest BCUT2D eigenvalue weighted by molar-refractivity contribution is 5.86. The minimum absolute atomic E-state index is 0.160. The van der Waals surface area contributed by atoms with Gasteiger partial charge in [0.15, 0.2) is 17.0 Å². The first-order valence-corrected chi connectivity index (χ1v) is 12.7. The maximum atomic E-state index is 13.2. The van der Waals surface area contributed by atoms with Gasteiger partial charge in [0.1, 0.15) is 0 Å². The van der Waals surface area contributed by atoms with Crippen LogP contribution in [-0.4, -0.2) is 24.5 Å². The normalized spacial score (nSPS) is 14.7. The Hall–Kier alpha value is -4.21. The summed E-state index contributed by atoms with van der Waals surface area (Å²) in [5.41, 5.74) is 2.79. The quantitative estimate of drug-likeness (QED) is 0.247. The summed E-state index contributed by atoms with van der Waals surface area (Å²) in [6, 6.07) is 15.3. The molecule has 194 valence electrons. The van der Waals surface area contributed by atoms with E-state index in [1.165, 1.54) is 12.5 Å². The van der Waals surface area contributed by atoms with Crippen molar-refractivity contribution >= 4 is 39.5 Å². The number of alkyl halides is 3. The van der Waals surface area contributed by atoms with Gasteiger partial charge in [-0.3, -0.25) is 4.98 Å². The van der Waals surface area contributed by atoms with E-state index in [4.69, 9.17) is 4.98 Å². The van der Waals surface area contributed by atoms with Crippen molar-refractivity contribution in [1.29, 1.82) is 0 Å². The summed E-state index contributed by atoms with van der Waals surface area (Å²) in [7, 11) is 0. The molecule has 5 aromatic rings. The summed E-state index contributed by atoms with van der Waals surface area (Å²) in [4.78, 5) is 18.5. The SMILES string of the molecule is FC(F)(F)c1cccc(CNc2nc(Nc3ccc4ncccc4c3)nc3c2ncn3C2CCCCC2)c1. The van der Waals surface area contributed by atoms with Crippen LogP contribution in [0.25, 0.3) is 22.1 Å². The largest absolute Gasteiger partial charge is 0.416 e. The third-order valence-corrected chi connectivity index (χ3v) is 6.96. The summed E-state index contributed by atoms with van der Waals surface area (Å²) in [6.07, 6.45) is 4.82. The number of imidazole rings is 1. The fraction of sp³-hybridized carbons (Fsp3) is 0.286. The van der Waals surface area contributed by atoms with Crippen molar-refractivity contribution in [2.24, 2.45) is 0 Å². The van der Waals surface area contributed by atoms with E-state index in [1.807, 2.05) is 30.3 Å². The summed E-state index contributed by atoms with van der Waals surface area (Å²) < 4.78 is 41.7. The average molecular weight is 518 g/mol. The number of aromatic nitrogens is 5. The van der Waals surface area contributed by atoms with Crippen LogP contribution in [0, 0.1) is 0 Å². The molecular formula is C28H26F3N7. The van der Waals surface area contributed by atoms with Gasteiger partial charge in [0, 0.05) is 29.9 Å². The van der Waals surface area contributed by atoms with Gasteiger partial charge in [-0.25, -0.2) is 4.98 Å². The van der Waals surface area contributed by atoms with Crippen molar-refractivity contribution in [3.63, 3.8) is 0 Å². The van der Waals surface area contributed by atoms with E-state index in [9.17, 15) is 13.2 Å². The molecule has 38 heavy (non-hydrogen) atoms. The Morgan fingerprint density at radius 3 is 2.63 bits per heavy atom. The van der Waals surface area contributed by atoms with E-state index in [1.54, 1.807) is 18.6 Å². The van der Waals surface area contributed by atoms with Crippen molar-refractivity contribution in [2.75, 3.05) is 10.6 Å². The van der Waals surface area contributed by atoms with Gasteiger partial charge in [-0.15, -0.1) is 0 Å². The van der Waals surface area contributed by atoms with E-state index in [-0.39, 0.29) is 6.54 Å². The Bertz CT molecular complexity index is 1590. The zero-order valence-corrected chi connectivity index (χ0v) is 20.5. The van der Waals surface area contributed by atoms with Gasteiger partial charge in [-0.2, -0.15) is 23.1 Å². The van der Waals surface area contributed by atoms with Crippen LogP contribution in [0.5, 0.6) is 0 Å². The molecule has 0 amide bonds. The topological polar surface area (TPSA) is 80.6 Å². The molecule has 2 N–H and O–H groups in total. The van der Waals surface area contributed by atoms with E-state index in [2.05, 4.69) is 30.2 Å². The number of nitrogens with one attached hydrogen (secondary N) is 2. The highest BCUT2D eigenvalue weighted by Crippen LogP contribution is 2.33. The monoisotopic (exact) mass is 517 g/mol. The number of benzene rings is 2. The molecule has 1 aliphatic rings. The summed E-state index contributed by atoms with van der Waals surface area (Å²) in [5, 5.41) is 7.49. The molecule has 0 aliphatic heterocycles. The van der Waals surface area contributed by atoms with Gasteiger partial charge in [-0.1, -0.05) is 37.5 Å². The third-order valence-electron chi connectivity index (χ3n) is 6.96. The molecule has 2 aromatic carbocycles. The highest BCUT2D eigenvalue weighted by atomic mass is 19.4. The minimum atomic E-state index is -4.40. The van der Waals surface area contributed by atoms with Gasteiger partial charge in [0.25, 0.3) is 0 Å². The number of nitrogens with zero attached hydrogens (tertiary/aromatic N) is 5. The molecule has 0 saturated heterocycles. The van der Waals surface area contributed by atoms with Gasteiger partial charge in [-0.05, 0) is 54.8 Å². The lowest BCUT2D eigenvalue weighted by Crippen LogP contribution is -2.13. The summed E-state index contributed by atoms with van der Waals surface area (Å²) in [6.45, 7) is 0.160. The average Bonchev–Trinajstić information content (AvgIpc) is 3.36. The summed E-state index contributed by atoms with van der Waals surface area (Å²) >= 11 is 0. The number of hydrogen-bond donors (Lipinski definition) is 2. The molecule has 0 radical (unpaired) electrons. The second kappa shape index (κ2) is 9.92. The fourth-order valence-electron chi connectivity index (χ4n) is 5.05. The number of anilines is 3. The summed E-state index contributed by atoms with van der Waals surface area (Å²) in [5.74, 6) is 0.844. The number of fused-ring (bicyclic) bond motifs is 2. The minimum Gasteiger partial charge on any atom is -0.364 e. The molecule has 0 bridgehead atoms. The van der Waals surface area contributed by atoms with Crippen molar-refractivity contribution in [2.45, 2.75) is 50.9 Å². The Labute approximate surface area is 217 Å². The lowest BCUT2D eigenvalue weighted by Gasteiger charge is -2.23. The zero-order chi connectivity index (χ0) is 26.1. The fourth-order valence-corrected chi connectivity index (χ4v) is 5.05. The van der Waals surface area contributed by atoms with Crippen LogP contribution in [0.1, 0.15) is 49.3 Å². The van der Waals surface area contributed by atoms with Crippen molar-refractivity contribution in [3.05, 3.63) is 78.2 Å². The maximum absolute atomic E-state index is 13.2. The van der Waals surface area contributed by atoms with Crippen LogP contribution in [-0.2, 0) is 12.7 Å². The Kier molecular flexibility index (Phi) is 6.30. The molecule has 0 atom stereocenters. The Balaban J connectivity index is 1.35. The standard InChI is InChI=1S/C28H26F3N7/c29-28(30,31)20-8-4-6-18(14-20)16-33-25-24-26(38(17-34-24)22-9-2-1-3-10-22)37-27(36-25)35-21-11-12-23-19(15-21)7-5-13-32-23/h4-8,11-15,17,22H,1-3,9-10,16H2,(H2,33,35,36,37). The Morgan fingerprint density at radius 1 is 0.921 bits per heavy atom. The number of hydrogen-bond acceptors (Lipinski definition) is 6. The first kappa shape index (κ1) is 24.1. The Morgan fingerprint density at radius 2 is 1.79 bits per heavy atom. The van der Waals surface area contributed by atoms with Crippen LogP contribution in [0.3, 0.4) is 0 Å². The van der Waals surface area contributed by atoms with Crippen LogP contribution in [0.4, 0.5) is 30.6 Å². The number of halogens is 3. The predicted molar refractivity (Wildman–Crippen MR) is 141 cm³/mol. The van der Waals surface area contributed by atoms with Crippen molar-refractivity contribution in [3.8, 4) is 0 Å². The van der Waals surface area contributed by atoms with E-state index in [0.717, 1.165) is 54.4 Å². The predicted octanol–water partition coefficient (Wildman–Crippen LogP) is 7.25. The molecule has 0 spiro atoms. The second-order valence-corrected chi connectivity index (χ2v) is 9.60. The van der Waals surface area contributed by atoms with Gasteiger partial charge in [0.2, 0.25) is 5.95 Å². The van der Waals surface area contributed by atoms with Crippen molar-refractivity contribution in [1.82, 2.24) is 24.5 Å². The lowest BCUT2D eigenvalue weighted by molar-refractivity contribution is -0.137. The van der Waals surface area contributed by atoms with E-state index >= 15 is 0 Å². The molecule has 1 saturated carbocycles. The van der Waals surface area contributed by atoms with Crippen LogP contribution in [0.2, 0.25) is 0 Å². The first-order valence-electron chi connectivity index (χ1n) is 12.7. The van der Waals surface area contributed by atoms with Crippen LogP contribution < -0.4 is 10.6 Å². The number of rotatable bonds is 6. The molecule has 1 fully saturated rings. The molecule has 0 unspecified atom stereocenters.